The zero-order chi connectivity index (χ0) is 12.4. The molecule has 0 aromatic carbocycles. The van der Waals surface area contributed by atoms with Crippen molar-refractivity contribution in [2.45, 2.75) is 70.0 Å². The average molecular weight is 252 g/mol. The summed E-state index contributed by atoms with van der Waals surface area (Å²) in [6, 6.07) is 0. The first-order chi connectivity index (χ1) is 8.88. The van der Waals surface area contributed by atoms with Crippen LogP contribution in [0, 0.1) is 17.8 Å². The normalized spacial score (nSPS) is 45.5. The molecule has 0 aromatic rings. The summed E-state index contributed by atoms with van der Waals surface area (Å²) in [5.41, 5.74) is 0. The molecular formula is C16H28O2. The van der Waals surface area contributed by atoms with Gasteiger partial charge in [-0.25, -0.2) is 0 Å². The van der Waals surface area contributed by atoms with E-state index in [2.05, 4.69) is 0 Å². The Morgan fingerprint density at radius 2 is 1.61 bits per heavy atom. The highest BCUT2D eigenvalue weighted by atomic mass is 16.5. The van der Waals surface area contributed by atoms with E-state index in [4.69, 9.17) is 9.47 Å². The lowest BCUT2D eigenvalue weighted by Gasteiger charge is -2.46. The molecule has 2 aliphatic carbocycles. The summed E-state index contributed by atoms with van der Waals surface area (Å²) in [6.07, 6.45) is 13.4. The molecule has 3 unspecified atom stereocenters. The maximum atomic E-state index is 6.02. The van der Waals surface area contributed by atoms with Gasteiger partial charge in [-0.05, 0) is 62.7 Å². The van der Waals surface area contributed by atoms with Crippen LogP contribution in [0.5, 0.6) is 0 Å². The number of fused-ring (bicyclic) bond motifs is 1. The molecule has 2 heteroatoms. The van der Waals surface area contributed by atoms with Gasteiger partial charge in [-0.2, -0.15) is 0 Å². The molecule has 3 rings (SSSR count). The molecule has 2 saturated carbocycles. The molecular weight excluding hydrogens is 224 g/mol. The fraction of sp³-hybridized carbons (Fsp3) is 1.00. The molecule has 0 aromatic heterocycles. The van der Waals surface area contributed by atoms with Crippen LogP contribution in [0.2, 0.25) is 0 Å². The summed E-state index contributed by atoms with van der Waals surface area (Å²) >= 11 is 0. The topological polar surface area (TPSA) is 18.5 Å². The summed E-state index contributed by atoms with van der Waals surface area (Å²) in [4.78, 5) is 0. The largest absolute Gasteiger partial charge is 0.381 e. The van der Waals surface area contributed by atoms with Gasteiger partial charge in [-0.1, -0.05) is 12.8 Å². The fourth-order valence-electron chi connectivity index (χ4n) is 4.73. The standard InChI is InChI=1S/C16H28O2/c1-17-13-8-6-12(7-9-13)14-10-11-18-16-5-3-2-4-15(14)16/h12-16H,2-11H2,1H3. The van der Waals surface area contributed by atoms with Crippen molar-refractivity contribution in [2.24, 2.45) is 17.8 Å². The van der Waals surface area contributed by atoms with Crippen LogP contribution >= 0.6 is 0 Å². The van der Waals surface area contributed by atoms with Gasteiger partial charge in [-0.3, -0.25) is 0 Å². The second kappa shape index (κ2) is 5.92. The van der Waals surface area contributed by atoms with Crippen molar-refractivity contribution in [3.05, 3.63) is 0 Å². The molecule has 0 spiro atoms. The van der Waals surface area contributed by atoms with E-state index >= 15 is 0 Å². The third-order valence-corrected chi connectivity index (χ3v) is 5.74. The summed E-state index contributed by atoms with van der Waals surface area (Å²) in [6.45, 7) is 1.02. The second-order valence-corrected chi connectivity index (χ2v) is 6.58. The van der Waals surface area contributed by atoms with Gasteiger partial charge >= 0.3 is 0 Å². The third kappa shape index (κ3) is 2.60. The van der Waals surface area contributed by atoms with Gasteiger partial charge in [0, 0.05) is 13.7 Å². The minimum atomic E-state index is 0.545. The maximum Gasteiger partial charge on any atom is 0.0606 e. The highest BCUT2D eigenvalue weighted by Crippen LogP contribution is 2.45. The van der Waals surface area contributed by atoms with Gasteiger partial charge in [0.05, 0.1) is 12.2 Å². The lowest BCUT2D eigenvalue weighted by Crippen LogP contribution is -2.42. The van der Waals surface area contributed by atoms with E-state index in [9.17, 15) is 0 Å². The van der Waals surface area contributed by atoms with E-state index in [1.165, 1.54) is 57.8 Å². The van der Waals surface area contributed by atoms with Crippen molar-refractivity contribution < 1.29 is 9.47 Å². The van der Waals surface area contributed by atoms with Crippen molar-refractivity contribution in [3.8, 4) is 0 Å². The Morgan fingerprint density at radius 1 is 0.833 bits per heavy atom. The van der Waals surface area contributed by atoms with Crippen LogP contribution in [0.3, 0.4) is 0 Å². The van der Waals surface area contributed by atoms with E-state index in [1.807, 2.05) is 7.11 Å². The van der Waals surface area contributed by atoms with Crippen LogP contribution in [0.25, 0.3) is 0 Å². The fourth-order valence-corrected chi connectivity index (χ4v) is 4.73. The molecule has 1 saturated heterocycles. The summed E-state index contributed by atoms with van der Waals surface area (Å²) in [7, 11) is 1.87. The van der Waals surface area contributed by atoms with Crippen LogP contribution in [0.1, 0.15) is 57.8 Å². The van der Waals surface area contributed by atoms with Crippen LogP contribution in [-0.4, -0.2) is 25.9 Å². The van der Waals surface area contributed by atoms with Crippen molar-refractivity contribution >= 4 is 0 Å². The zero-order valence-corrected chi connectivity index (χ0v) is 11.8. The highest BCUT2D eigenvalue weighted by molar-refractivity contribution is 4.90. The van der Waals surface area contributed by atoms with Gasteiger partial charge in [0.15, 0.2) is 0 Å². The predicted molar refractivity (Wildman–Crippen MR) is 72.6 cm³/mol. The maximum absolute atomic E-state index is 6.02. The molecule has 3 atom stereocenters. The molecule has 3 fully saturated rings. The van der Waals surface area contributed by atoms with Gasteiger partial charge in [-0.15, -0.1) is 0 Å². The number of methoxy groups -OCH3 is 1. The number of rotatable bonds is 2. The Morgan fingerprint density at radius 3 is 2.39 bits per heavy atom. The van der Waals surface area contributed by atoms with Crippen molar-refractivity contribution in [2.75, 3.05) is 13.7 Å². The van der Waals surface area contributed by atoms with Crippen LogP contribution in [0.4, 0.5) is 0 Å². The quantitative estimate of drug-likeness (QED) is 0.744. The Kier molecular flexibility index (Phi) is 4.25. The van der Waals surface area contributed by atoms with Crippen LogP contribution in [0.15, 0.2) is 0 Å². The molecule has 0 N–H and O–H groups in total. The predicted octanol–water partition coefficient (Wildman–Crippen LogP) is 3.79. The van der Waals surface area contributed by atoms with Gasteiger partial charge in [0.1, 0.15) is 0 Å². The number of hydrogen-bond donors (Lipinski definition) is 0. The van der Waals surface area contributed by atoms with E-state index in [-0.39, 0.29) is 0 Å². The van der Waals surface area contributed by atoms with Crippen LogP contribution < -0.4 is 0 Å². The number of hydrogen-bond acceptors (Lipinski definition) is 2. The van der Waals surface area contributed by atoms with Crippen molar-refractivity contribution in [1.29, 1.82) is 0 Å². The van der Waals surface area contributed by atoms with Gasteiger partial charge in [0.25, 0.3) is 0 Å². The molecule has 18 heavy (non-hydrogen) atoms. The van der Waals surface area contributed by atoms with E-state index < -0.39 is 0 Å². The summed E-state index contributed by atoms with van der Waals surface area (Å²) in [5, 5.41) is 0. The molecule has 0 radical (unpaired) electrons. The minimum Gasteiger partial charge on any atom is -0.381 e. The number of ether oxygens (including phenoxy) is 2. The molecule has 0 bridgehead atoms. The summed E-state index contributed by atoms with van der Waals surface area (Å²) in [5.74, 6) is 2.81. The summed E-state index contributed by atoms with van der Waals surface area (Å²) < 4.78 is 11.5. The van der Waals surface area contributed by atoms with Gasteiger partial charge < -0.3 is 9.47 Å². The monoisotopic (exact) mass is 252 g/mol. The van der Waals surface area contributed by atoms with Gasteiger partial charge in [0.2, 0.25) is 0 Å². The highest BCUT2D eigenvalue weighted by Gasteiger charge is 2.40. The van der Waals surface area contributed by atoms with E-state index in [0.29, 0.717) is 12.2 Å². The zero-order valence-electron chi connectivity index (χ0n) is 11.8. The SMILES string of the molecule is COC1CCC(C2CCOC3CCCCC32)CC1. The molecule has 2 nitrogen and oxygen atoms in total. The van der Waals surface area contributed by atoms with E-state index in [1.54, 1.807) is 0 Å². The molecule has 1 heterocycles. The first-order valence-corrected chi connectivity index (χ1v) is 8.03. The minimum absolute atomic E-state index is 0.545. The van der Waals surface area contributed by atoms with Crippen molar-refractivity contribution in [3.63, 3.8) is 0 Å². The Labute approximate surface area is 111 Å². The Balaban J connectivity index is 1.60. The molecule has 3 aliphatic rings. The first-order valence-electron chi connectivity index (χ1n) is 8.03. The first kappa shape index (κ1) is 12.9. The Bertz CT molecular complexity index is 256. The lowest BCUT2D eigenvalue weighted by molar-refractivity contribution is -0.0975. The average Bonchev–Trinajstić information content (AvgIpc) is 2.47. The second-order valence-electron chi connectivity index (χ2n) is 6.58. The smallest absolute Gasteiger partial charge is 0.0606 e. The van der Waals surface area contributed by atoms with Crippen LogP contribution in [-0.2, 0) is 9.47 Å². The molecule has 104 valence electrons. The molecule has 0 amide bonds. The lowest BCUT2D eigenvalue weighted by atomic mass is 9.66. The van der Waals surface area contributed by atoms with Crippen molar-refractivity contribution in [1.82, 2.24) is 0 Å². The third-order valence-electron chi connectivity index (χ3n) is 5.74. The van der Waals surface area contributed by atoms with E-state index in [0.717, 1.165) is 24.4 Å². The Hall–Kier alpha value is -0.0800. The molecule has 1 aliphatic heterocycles.